The average Bonchev–Trinajstić information content (AvgIpc) is 2.50. The molecule has 2 aromatic rings. The monoisotopic (exact) mass is 285 g/mol. The fourth-order valence-electron chi connectivity index (χ4n) is 2.17. The van der Waals surface area contributed by atoms with Crippen LogP contribution in [0.15, 0.2) is 48.8 Å². The zero-order valence-electron chi connectivity index (χ0n) is 12.7. The number of hydrogen-bond acceptors (Lipinski definition) is 4. The average molecular weight is 285 g/mol. The van der Waals surface area contributed by atoms with Gasteiger partial charge in [-0.25, -0.2) is 0 Å². The van der Waals surface area contributed by atoms with Crippen molar-refractivity contribution in [1.82, 2.24) is 15.2 Å². The van der Waals surface area contributed by atoms with Crippen LogP contribution in [-0.4, -0.2) is 37.1 Å². The molecule has 2 rings (SSSR count). The van der Waals surface area contributed by atoms with Crippen LogP contribution in [0.5, 0.6) is 5.75 Å². The molecule has 4 heteroatoms. The Morgan fingerprint density at radius 1 is 1.19 bits per heavy atom. The lowest BCUT2D eigenvalue weighted by molar-refractivity contribution is 0.231. The van der Waals surface area contributed by atoms with Gasteiger partial charge in [0.2, 0.25) is 0 Å². The molecule has 0 aliphatic rings. The molecule has 21 heavy (non-hydrogen) atoms. The van der Waals surface area contributed by atoms with Gasteiger partial charge >= 0.3 is 0 Å². The van der Waals surface area contributed by atoms with Gasteiger partial charge in [-0.2, -0.15) is 0 Å². The summed E-state index contributed by atoms with van der Waals surface area (Å²) in [6, 6.07) is 12.2. The fourth-order valence-corrected chi connectivity index (χ4v) is 2.17. The van der Waals surface area contributed by atoms with E-state index < -0.39 is 0 Å². The molecular formula is C17H23N3O. The van der Waals surface area contributed by atoms with Crippen molar-refractivity contribution >= 4 is 0 Å². The predicted octanol–water partition coefficient (Wildman–Crippen LogP) is 2.31. The highest BCUT2D eigenvalue weighted by atomic mass is 16.5. The van der Waals surface area contributed by atoms with Crippen molar-refractivity contribution in [1.29, 1.82) is 0 Å². The number of pyridine rings is 1. The van der Waals surface area contributed by atoms with Gasteiger partial charge in [0, 0.05) is 37.6 Å². The van der Waals surface area contributed by atoms with E-state index >= 15 is 0 Å². The summed E-state index contributed by atoms with van der Waals surface area (Å²) in [6.07, 6.45) is 3.70. The molecule has 0 bridgehead atoms. The second kappa shape index (κ2) is 8.39. The third-order valence-electron chi connectivity index (χ3n) is 3.25. The highest BCUT2D eigenvalue weighted by Gasteiger charge is 2.04. The van der Waals surface area contributed by atoms with Gasteiger partial charge in [0.05, 0.1) is 0 Å². The highest BCUT2D eigenvalue weighted by Crippen LogP contribution is 2.17. The SMILES string of the molecule is CNCc1ccccc1OCCN(C)Cc1cccnc1. The summed E-state index contributed by atoms with van der Waals surface area (Å²) in [5.41, 5.74) is 2.41. The molecule has 0 aliphatic carbocycles. The number of nitrogens with zero attached hydrogens (tertiary/aromatic N) is 2. The molecular weight excluding hydrogens is 262 g/mol. The number of rotatable bonds is 8. The van der Waals surface area contributed by atoms with E-state index in [1.165, 1.54) is 11.1 Å². The fraction of sp³-hybridized carbons (Fsp3) is 0.353. The van der Waals surface area contributed by atoms with Crippen LogP contribution in [0.1, 0.15) is 11.1 Å². The summed E-state index contributed by atoms with van der Waals surface area (Å²) < 4.78 is 5.90. The zero-order chi connectivity index (χ0) is 14.9. The Bertz CT molecular complexity index is 531. The van der Waals surface area contributed by atoms with Crippen molar-refractivity contribution < 1.29 is 4.74 Å². The minimum absolute atomic E-state index is 0.678. The number of para-hydroxylation sites is 1. The summed E-state index contributed by atoms with van der Waals surface area (Å²) in [5.74, 6) is 0.960. The summed E-state index contributed by atoms with van der Waals surface area (Å²) in [6.45, 7) is 3.26. The topological polar surface area (TPSA) is 37.4 Å². The third kappa shape index (κ3) is 5.17. The lowest BCUT2D eigenvalue weighted by Gasteiger charge is -2.18. The van der Waals surface area contributed by atoms with Crippen LogP contribution in [0, 0.1) is 0 Å². The second-order valence-corrected chi connectivity index (χ2v) is 5.09. The van der Waals surface area contributed by atoms with Crippen LogP contribution < -0.4 is 10.1 Å². The Balaban J connectivity index is 1.79. The van der Waals surface area contributed by atoms with Crippen LogP contribution in [0.2, 0.25) is 0 Å². The zero-order valence-corrected chi connectivity index (χ0v) is 12.7. The van der Waals surface area contributed by atoms with Crippen LogP contribution in [0.25, 0.3) is 0 Å². The van der Waals surface area contributed by atoms with E-state index in [1.54, 1.807) is 6.20 Å². The highest BCUT2D eigenvalue weighted by molar-refractivity contribution is 5.33. The van der Waals surface area contributed by atoms with Crippen LogP contribution in [-0.2, 0) is 13.1 Å². The van der Waals surface area contributed by atoms with E-state index in [2.05, 4.69) is 34.4 Å². The number of hydrogen-bond donors (Lipinski definition) is 1. The largest absolute Gasteiger partial charge is 0.492 e. The molecule has 0 fully saturated rings. The number of benzene rings is 1. The first-order chi connectivity index (χ1) is 10.3. The molecule has 1 N–H and O–H groups in total. The molecule has 1 aromatic heterocycles. The van der Waals surface area contributed by atoms with Gasteiger partial charge in [0.25, 0.3) is 0 Å². The van der Waals surface area contributed by atoms with E-state index in [1.807, 2.05) is 37.5 Å². The minimum Gasteiger partial charge on any atom is -0.492 e. The van der Waals surface area contributed by atoms with E-state index in [0.29, 0.717) is 6.61 Å². The number of ether oxygens (including phenoxy) is 1. The first kappa shape index (κ1) is 15.5. The van der Waals surface area contributed by atoms with E-state index in [0.717, 1.165) is 25.4 Å². The first-order valence-electron chi connectivity index (χ1n) is 7.22. The molecule has 1 heterocycles. The Kier molecular flexibility index (Phi) is 6.19. The standard InChI is InChI=1S/C17H23N3O/c1-18-13-16-7-3-4-8-17(16)21-11-10-20(2)14-15-6-5-9-19-12-15/h3-9,12,18H,10-11,13-14H2,1-2H3. The quantitative estimate of drug-likeness (QED) is 0.807. The molecule has 0 atom stereocenters. The van der Waals surface area contributed by atoms with Gasteiger partial charge in [-0.3, -0.25) is 9.88 Å². The molecule has 0 saturated heterocycles. The molecule has 0 spiro atoms. The normalized spacial score (nSPS) is 10.8. The first-order valence-corrected chi connectivity index (χ1v) is 7.22. The summed E-state index contributed by atoms with van der Waals surface area (Å²) in [7, 11) is 4.04. The van der Waals surface area contributed by atoms with Gasteiger partial charge in [-0.1, -0.05) is 24.3 Å². The van der Waals surface area contributed by atoms with Crippen LogP contribution >= 0.6 is 0 Å². The van der Waals surface area contributed by atoms with Crippen molar-refractivity contribution in [2.45, 2.75) is 13.1 Å². The van der Waals surface area contributed by atoms with Crippen molar-refractivity contribution in [3.05, 3.63) is 59.9 Å². The molecule has 1 aromatic carbocycles. The maximum atomic E-state index is 5.90. The molecule has 0 amide bonds. The van der Waals surface area contributed by atoms with Crippen LogP contribution in [0.4, 0.5) is 0 Å². The molecule has 112 valence electrons. The maximum absolute atomic E-state index is 5.90. The van der Waals surface area contributed by atoms with Crippen molar-refractivity contribution in [3.8, 4) is 5.75 Å². The maximum Gasteiger partial charge on any atom is 0.123 e. The molecule has 0 saturated carbocycles. The lowest BCUT2D eigenvalue weighted by atomic mass is 10.2. The third-order valence-corrected chi connectivity index (χ3v) is 3.25. The van der Waals surface area contributed by atoms with Crippen molar-refractivity contribution in [2.24, 2.45) is 0 Å². The summed E-state index contributed by atoms with van der Waals surface area (Å²) in [4.78, 5) is 6.37. The Hall–Kier alpha value is -1.91. The number of nitrogens with one attached hydrogen (secondary N) is 1. The smallest absolute Gasteiger partial charge is 0.123 e. The van der Waals surface area contributed by atoms with Crippen molar-refractivity contribution in [3.63, 3.8) is 0 Å². The number of likely N-dealkylation sites (N-methyl/N-ethyl adjacent to an activating group) is 1. The molecule has 0 radical (unpaired) electrons. The summed E-state index contributed by atoms with van der Waals surface area (Å²) in [5, 5.41) is 3.16. The van der Waals surface area contributed by atoms with E-state index in [-0.39, 0.29) is 0 Å². The lowest BCUT2D eigenvalue weighted by Crippen LogP contribution is -2.24. The van der Waals surface area contributed by atoms with Crippen molar-refractivity contribution in [2.75, 3.05) is 27.2 Å². The number of aromatic nitrogens is 1. The van der Waals surface area contributed by atoms with E-state index in [9.17, 15) is 0 Å². The van der Waals surface area contributed by atoms with Gasteiger partial charge in [-0.15, -0.1) is 0 Å². The van der Waals surface area contributed by atoms with Gasteiger partial charge in [-0.05, 0) is 31.8 Å². The molecule has 0 unspecified atom stereocenters. The second-order valence-electron chi connectivity index (χ2n) is 5.09. The molecule has 0 aliphatic heterocycles. The Morgan fingerprint density at radius 2 is 2.05 bits per heavy atom. The Morgan fingerprint density at radius 3 is 2.81 bits per heavy atom. The predicted molar refractivity (Wildman–Crippen MR) is 85.3 cm³/mol. The van der Waals surface area contributed by atoms with Crippen LogP contribution in [0.3, 0.4) is 0 Å². The van der Waals surface area contributed by atoms with E-state index in [4.69, 9.17) is 4.74 Å². The van der Waals surface area contributed by atoms with Gasteiger partial charge < -0.3 is 10.1 Å². The van der Waals surface area contributed by atoms with Gasteiger partial charge in [0.1, 0.15) is 12.4 Å². The minimum atomic E-state index is 0.678. The van der Waals surface area contributed by atoms with Gasteiger partial charge in [0.15, 0.2) is 0 Å². The Labute approximate surface area is 126 Å². The summed E-state index contributed by atoms with van der Waals surface area (Å²) >= 11 is 0. The molecule has 4 nitrogen and oxygen atoms in total.